The summed E-state index contributed by atoms with van der Waals surface area (Å²) in [5.41, 5.74) is 4.07. The highest BCUT2D eigenvalue weighted by atomic mass is 16.3. The van der Waals surface area contributed by atoms with Gasteiger partial charge in [-0.25, -0.2) is 0 Å². The van der Waals surface area contributed by atoms with E-state index >= 15 is 0 Å². The summed E-state index contributed by atoms with van der Waals surface area (Å²) in [6.45, 7) is 4.42. The van der Waals surface area contributed by atoms with Gasteiger partial charge in [-0.3, -0.25) is 0 Å². The standard InChI is InChI=1S/C18H26O/c1-14(2)17-10-8-16(9-11-17)13-18(19)12-15-6-4-3-5-7-15/h6,8-11,14,18-19H,3-5,7,12-13H2,1-2H3. The third kappa shape index (κ3) is 4.50. The molecule has 0 amide bonds. The summed E-state index contributed by atoms with van der Waals surface area (Å²) in [4.78, 5) is 0. The molecule has 0 aliphatic heterocycles. The summed E-state index contributed by atoms with van der Waals surface area (Å²) in [6.07, 6.45) is 8.72. The van der Waals surface area contributed by atoms with Crippen molar-refractivity contribution in [2.75, 3.05) is 0 Å². The Hall–Kier alpha value is -1.08. The van der Waals surface area contributed by atoms with Gasteiger partial charge in [0.25, 0.3) is 0 Å². The number of hydrogen-bond acceptors (Lipinski definition) is 1. The van der Waals surface area contributed by atoms with E-state index < -0.39 is 0 Å². The van der Waals surface area contributed by atoms with Crippen molar-refractivity contribution in [3.63, 3.8) is 0 Å². The van der Waals surface area contributed by atoms with E-state index in [2.05, 4.69) is 44.2 Å². The first-order chi connectivity index (χ1) is 9.15. The highest BCUT2D eigenvalue weighted by Gasteiger charge is 2.11. The van der Waals surface area contributed by atoms with Crippen LogP contribution in [-0.2, 0) is 6.42 Å². The lowest BCUT2D eigenvalue weighted by Crippen LogP contribution is -2.12. The summed E-state index contributed by atoms with van der Waals surface area (Å²) in [7, 11) is 0. The quantitative estimate of drug-likeness (QED) is 0.765. The second kappa shape index (κ2) is 6.91. The van der Waals surface area contributed by atoms with E-state index in [1.165, 1.54) is 42.4 Å². The molecule has 0 heterocycles. The van der Waals surface area contributed by atoms with Crippen LogP contribution in [0.3, 0.4) is 0 Å². The molecule has 1 aromatic rings. The van der Waals surface area contributed by atoms with Crippen molar-refractivity contribution >= 4 is 0 Å². The lowest BCUT2D eigenvalue weighted by molar-refractivity contribution is 0.173. The second-order valence-electron chi connectivity index (χ2n) is 6.07. The number of allylic oxidation sites excluding steroid dienone is 1. The first kappa shape index (κ1) is 14.3. The van der Waals surface area contributed by atoms with Gasteiger partial charge in [-0.15, -0.1) is 0 Å². The highest BCUT2D eigenvalue weighted by molar-refractivity contribution is 5.25. The lowest BCUT2D eigenvalue weighted by atomic mass is 9.92. The van der Waals surface area contributed by atoms with Gasteiger partial charge >= 0.3 is 0 Å². The topological polar surface area (TPSA) is 20.2 Å². The molecule has 0 bridgehead atoms. The molecule has 1 unspecified atom stereocenters. The molecule has 1 N–H and O–H groups in total. The van der Waals surface area contributed by atoms with Crippen LogP contribution in [-0.4, -0.2) is 11.2 Å². The zero-order valence-corrected chi connectivity index (χ0v) is 12.2. The maximum absolute atomic E-state index is 10.2. The smallest absolute Gasteiger partial charge is 0.0617 e. The van der Waals surface area contributed by atoms with Gasteiger partial charge in [0.1, 0.15) is 0 Å². The molecule has 0 saturated carbocycles. The predicted octanol–water partition coefficient (Wildman–Crippen LogP) is 4.60. The average Bonchev–Trinajstić information content (AvgIpc) is 2.40. The minimum atomic E-state index is -0.228. The van der Waals surface area contributed by atoms with Gasteiger partial charge in [-0.1, -0.05) is 49.8 Å². The number of aliphatic hydroxyl groups excluding tert-OH is 1. The summed E-state index contributed by atoms with van der Waals surface area (Å²) >= 11 is 0. The molecule has 1 aliphatic rings. The highest BCUT2D eigenvalue weighted by Crippen LogP contribution is 2.23. The van der Waals surface area contributed by atoms with Crippen LogP contribution < -0.4 is 0 Å². The van der Waals surface area contributed by atoms with Crippen LogP contribution in [0, 0.1) is 0 Å². The van der Waals surface area contributed by atoms with Crippen molar-refractivity contribution in [3.05, 3.63) is 47.0 Å². The minimum absolute atomic E-state index is 0.228. The Morgan fingerprint density at radius 2 is 1.79 bits per heavy atom. The van der Waals surface area contributed by atoms with E-state index in [1.807, 2.05) is 0 Å². The van der Waals surface area contributed by atoms with E-state index in [0.717, 1.165) is 12.8 Å². The third-order valence-electron chi connectivity index (χ3n) is 4.00. The maximum Gasteiger partial charge on any atom is 0.0617 e. The lowest BCUT2D eigenvalue weighted by Gasteiger charge is -2.17. The number of hydrogen-bond donors (Lipinski definition) is 1. The monoisotopic (exact) mass is 258 g/mol. The van der Waals surface area contributed by atoms with Crippen molar-refractivity contribution in [2.24, 2.45) is 0 Å². The second-order valence-corrected chi connectivity index (χ2v) is 6.07. The van der Waals surface area contributed by atoms with Crippen molar-refractivity contribution in [3.8, 4) is 0 Å². The Balaban J connectivity index is 1.87. The van der Waals surface area contributed by atoms with E-state index in [0.29, 0.717) is 5.92 Å². The van der Waals surface area contributed by atoms with Gasteiger partial charge in [-0.2, -0.15) is 0 Å². The van der Waals surface area contributed by atoms with Gasteiger partial charge in [0.05, 0.1) is 6.10 Å². The summed E-state index contributed by atoms with van der Waals surface area (Å²) in [5.74, 6) is 0.575. The fourth-order valence-electron chi connectivity index (χ4n) is 2.78. The molecule has 1 aromatic carbocycles. The number of benzene rings is 1. The molecule has 19 heavy (non-hydrogen) atoms. The molecule has 0 saturated heterocycles. The van der Waals surface area contributed by atoms with Crippen molar-refractivity contribution in [2.45, 2.75) is 64.4 Å². The molecule has 0 fully saturated rings. The molecule has 1 heteroatoms. The van der Waals surface area contributed by atoms with Crippen LogP contribution in [0.5, 0.6) is 0 Å². The summed E-state index contributed by atoms with van der Waals surface area (Å²) in [6, 6.07) is 8.70. The Morgan fingerprint density at radius 1 is 1.05 bits per heavy atom. The van der Waals surface area contributed by atoms with Gasteiger partial charge in [-0.05, 0) is 55.6 Å². The SMILES string of the molecule is CC(C)c1ccc(CC(O)CC2=CCCCC2)cc1. The van der Waals surface area contributed by atoms with Crippen LogP contribution in [0.4, 0.5) is 0 Å². The Morgan fingerprint density at radius 3 is 2.37 bits per heavy atom. The van der Waals surface area contributed by atoms with Crippen LogP contribution >= 0.6 is 0 Å². The summed E-state index contributed by atoms with van der Waals surface area (Å²) in [5, 5.41) is 10.2. The molecule has 0 radical (unpaired) electrons. The fourth-order valence-corrected chi connectivity index (χ4v) is 2.78. The Labute approximate surface area is 117 Å². The van der Waals surface area contributed by atoms with Crippen LogP contribution in [0.1, 0.15) is 63.0 Å². The van der Waals surface area contributed by atoms with Crippen LogP contribution in [0.2, 0.25) is 0 Å². The zero-order chi connectivity index (χ0) is 13.7. The van der Waals surface area contributed by atoms with E-state index in [9.17, 15) is 5.11 Å². The first-order valence-electron chi connectivity index (χ1n) is 7.60. The molecule has 1 nitrogen and oxygen atoms in total. The fraction of sp³-hybridized carbons (Fsp3) is 0.556. The van der Waals surface area contributed by atoms with Gasteiger partial charge < -0.3 is 5.11 Å². The number of rotatable bonds is 5. The molecular weight excluding hydrogens is 232 g/mol. The van der Waals surface area contributed by atoms with Crippen molar-refractivity contribution in [1.29, 1.82) is 0 Å². The third-order valence-corrected chi connectivity index (χ3v) is 4.00. The molecule has 1 atom stereocenters. The largest absolute Gasteiger partial charge is 0.392 e. The zero-order valence-electron chi connectivity index (χ0n) is 12.2. The molecule has 2 rings (SSSR count). The van der Waals surface area contributed by atoms with Crippen molar-refractivity contribution in [1.82, 2.24) is 0 Å². The van der Waals surface area contributed by atoms with Gasteiger partial charge in [0.2, 0.25) is 0 Å². The first-order valence-corrected chi connectivity index (χ1v) is 7.60. The molecular formula is C18H26O. The normalized spacial score (nSPS) is 17.4. The molecule has 0 spiro atoms. The van der Waals surface area contributed by atoms with Crippen LogP contribution in [0.25, 0.3) is 0 Å². The predicted molar refractivity (Wildman–Crippen MR) is 81.4 cm³/mol. The van der Waals surface area contributed by atoms with E-state index in [4.69, 9.17) is 0 Å². The maximum atomic E-state index is 10.2. The Kier molecular flexibility index (Phi) is 5.21. The van der Waals surface area contributed by atoms with E-state index in [1.54, 1.807) is 0 Å². The van der Waals surface area contributed by atoms with Crippen molar-refractivity contribution < 1.29 is 5.11 Å². The van der Waals surface area contributed by atoms with Gasteiger partial charge in [0, 0.05) is 0 Å². The molecule has 1 aliphatic carbocycles. The average molecular weight is 258 g/mol. The van der Waals surface area contributed by atoms with E-state index in [-0.39, 0.29) is 6.10 Å². The summed E-state index contributed by atoms with van der Waals surface area (Å²) < 4.78 is 0. The molecule has 104 valence electrons. The number of aliphatic hydroxyl groups is 1. The van der Waals surface area contributed by atoms with Crippen LogP contribution in [0.15, 0.2) is 35.9 Å². The Bertz CT molecular complexity index is 414. The molecule has 0 aromatic heterocycles. The minimum Gasteiger partial charge on any atom is -0.392 e. The van der Waals surface area contributed by atoms with Gasteiger partial charge in [0.15, 0.2) is 0 Å².